The van der Waals surface area contributed by atoms with Crippen LogP contribution in [0.25, 0.3) is 0 Å². The van der Waals surface area contributed by atoms with Crippen molar-refractivity contribution in [1.82, 2.24) is 0 Å². The first-order chi connectivity index (χ1) is 7.55. The van der Waals surface area contributed by atoms with Crippen molar-refractivity contribution < 1.29 is 9.50 Å². The van der Waals surface area contributed by atoms with Gasteiger partial charge in [0.25, 0.3) is 0 Å². The predicted octanol–water partition coefficient (Wildman–Crippen LogP) is 3.54. The quantitative estimate of drug-likeness (QED) is 0.898. The summed E-state index contributed by atoms with van der Waals surface area (Å²) in [6, 6.07) is 4.76. The van der Waals surface area contributed by atoms with Crippen molar-refractivity contribution in [2.24, 2.45) is 11.3 Å². The third kappa shape index (κ3) is 2.46. The van der Waals surface area contributed by atoms with Gasteiger partial charge in [0.2, 0.25) is 0 Å². The highest BCUT2D eigenvalue weighted by molar-refractivity contribution is 9.10. The lowest BCUT2D eigenvalue weighted by molar-refractivity contribution is 0.119. The maximum absolute atomic E-state index is 13.0. The van der Waals surface area contributed by atoms with E-state index in [4.69, 9.17) is 0 Å². The zero-order valence-corrected chi connectivity index (χ0v) is 10.9. The summed E-state index contributed by atoms with van der Waals surface area (Å²) in [5.74, 6) is 0.391. The topological polar surface area (TPSA) is 20.2 Å². The average Bonchev–Trinajstić information content (AvgIpc) is 3.06. The number of halogens is 2. The van der Waals surface area contributed by atoms with E-state index in [0.29, 0.717) is 5.92 Å². The second-order valence-electron chi connectivity index (χ2n) is 5.00. The second kappa shape index (κ2) is 4.46. The molecule has 0 saturated heterocycles. The Hall–Kier alpha value is -0.410. The van der Waals surface area contributed by atoms with Crippen LogP contribution in [-0.4, -0.2) is 11.7 Å². The number of benzene rings is 1. The second-order valence-corrected chi connectivity index (χ2v) is 5.85. The van der Waals surface area contributed by atoms with E-state index in [1.54, 1.807) is 6.07 Å². The van der Waals surface area contributed by atoms with Gasteiger partial charge >= 0.3 is 0 Å². The molecule has 1 nitrogen and oxygen atoms in total. The number of hydrogen-bond donors (Lipinski definition) is 1. The zero-order chi connectivity index (χ0) is 11.8. The largest absolute Gasteiger partial charge is 0.396 e. The summed E-state index contributed by atoms with van der Waals surface area (Å²) in [5.41, 5.74) is 1.02. The molecule has 1 fully saturated rings. The summed E-state index contributed by atoms with van der Waals surface area (Å²) in [4.78, 5) is 0. The maximum Gasteiger partial charge on any atom is 0.124 e. The van der Waals surface area contributed by atoms with Crippen LogP contribution in [0.15, 0.2) is 22.7 Å². The van der Waals surface area contributed by atoms with E-state index in [1.165, 1.54) is 25.0 Å². The minimum atomic E-state index is -0.229. The van der Waals surface area contributed by atoms with Gasteiger partial charge in [-0.25, -0.2) is 4.39 Å². The third-order valence-electron chi connectivity index (χ3n) is 3.53. The standard InChI is InChI=1S/C13H16BrFO/c1-13(8-16,10-3-4-10)7-9-2-5-11(15)6-12(9)14/h2,5-6,10,16H,3-4,7-8H2,1H3. The smallest absolute Gasteiger partial charge is 0.124 e. The van der Waals surface area contributed by atoms with Gasteiger partial charge in [-0.3, -0.25) is 0 Å². The fourth-order valence-corrected chi connectivity index (χ4v) is 2.70. The highest BCUT2D eigenvalue weighted by Crippen LogP contribution is 2.47. The molecule has 1 N–H and O–H groups in total. The van der Waals surface area contributed by atoms with Crippen LogP contribution in [0.4, 0.5) is 4.39 Å². The Bertz CT molecular complexity index is 390. The van der Waals surface area contributed by atoms with E-state index in [0.717, 1.165) is 16.5 Å². The molecule has 0 amide bonds. The molecule has 3 heteroatoms. The summed E-state index contributed by atoms with van der Waals surface area (Å²) in [6.45, 7) is 2.31. The lowest BCUT2D eigenvalue weighted by Crippen LogP contribution is -2.27. The van der Waals surface area contributed by atoms with Gasteiger partial charge in [-0.1, -0.05) is 28.9 Å². The third-order valence-corrected chi connectivity index (χ3v) is 4.27. The molecule has 1 aliphatic carbocycles. The van der Waals surface area contributed by atoms with Gasteiger partial charge in [0, 0.05) is 11.1 Å². The van der Waals surface area contributed by atoms with E-state index in [-0.39, 0.29) is 17.8 Å². The molecule has 0 aliphatic heterocycles. The van der Waals surface area contributed by atoms with Crippen LogP contribution in [0.3, 0.4) is 0 Å². The van der Waals surface area contributed by atoms with Crippen LogP contribution in [0.2, 0.25) is 0 Å². The summed E-state index contributed by atoms with van der Waals surface area (Å²) in [5, 5.41) is 9.51. The Kier molecular flexibility index (Phi) is 3.36. The summed E-state index contributed by atoms with van der Waals surface area (Å²) in [6.07, 6.45) is 3.21. The first kappa shape index (κ1) is 12.1. The molecule has 0 radical (unpaired) electrons. The molecule has 1 unspecified atom stereocenters. The first-order valence-electron chi connectivity index (χ1n) is 5.60. The molecule has 2 rings (SSSR count). The Morgan fingerprint density at radius 3 is 2.69 bits per heavy atom. The normalized spacial score (nSPS) is 19.5. The Labute approximate surface area is 104 Å². The Morgan fingerprint density at radius 1 is 1.50 bits per heavy atom. The van der Waals surface area contributed by atoms with Crippen LogP contribution < -0.4 is 0 Å². The van der Waals surface area contributed by atoms with Gasteiger partial charge in [-0.05, 0) is 48.3 Å². The Balaban J connectivity index is 2.18. The highest BCUT2D eigenvalue weighted by atomic mass is 79.9. The van der Waals surface area contributed by atoms with Gasteiger partial charge < -0.3 is 5.11 Å². The highest BCUT2D eigenvalue weighted by Gasteiger charge is 2.41. The number of rotatable bonds is 4. The maximum atomic E-state index is 13.0. The number of aliphatic hydroxyl groups is 1. The molecule has 0 spiro atoms. The van der Waals surface area contributed by atoms with Crippen LogP contribution >= 0.6 is 15.9 Å². The van der Waals surface area contributed by atoms with Crippen LogP contribution in [-0.2, 0) is 6.42 Å². The van der Waals surface area contributed by atoms with Crippen molar-refractivity contribution >= 4 is 15.9 Å². The van der Waals surface area contributed by atoms with Gasteiger partial charge in [-0.2, -0.15) is 0 Å². The number of hydrogen-bond acceptors (Lipinski definition) is 1. The summed E-state index contributed by atoms with van der Waals surface area (Å²) < 4.78 is 13.8. The molecule has 1 aliphatic rings. The van der Waals surface area contributed by atoms with Crippen molar-refractivity contribution in [2.45, 2.75) is 26.2 Å². The molecular weight excluding hydrogens is 271 g/mol. The summed E-state index contributed by atoms with van der Waals surface area (Å²) in [7, 11) is 0. The fraction of sp³-hybridized carbons (Fsp3) is 0.538. The van der Waals surface area contributed by atoms with E-state index >= 15 is 0 Å². The van der Waals surface area contributed by atoms with Gasteiger partial charge in [0.05, 0.1) is 0 Å². The van der Waals surface area contributed by atoms with E-state index < -0.39 is 0 Å². The zero-order valence-electron chi connectivity index (χ0n) is 9.34. The van der Waals surface area contributed by atoms with Crippen molar-refractivity contribution in [1.29, 1.82) is 0 Å². The SMILES string of the molecule is CC(CO)(Cc1ccc(F)cc1Br)C1CC1. The van der Waals surface area contributed by atoms with Crippen molar-refractivity contribution in [2.75, 3.05) is 6.61 Å². The van der Waals surface area contributed by atoms with Gasteiger partial charge in [0.15, 0.2) is 0 Å². The molecule has 0 aromatic heterocycles. The monoisotopic (exact) mass is 286 g/mol. The molecule has 16 heavy (non-hydrogen) atoms. The molecule has 1 saturated carbocycles. The van der Waals surface area contributed by atoms with Crippen molar-refractivity contribution in [3.05, 3.63) is 34.1 Å². The van der Waals surface area contributed by atoms with Crippen LogP contribution in [0.1, 0.15) is 25.3 Å². The lowest BCUT2D eigenvalue weighted by atomic mass is 9.80. The van der Waals surface area contributed by atoms with Crippen LogP contribution in [0, 0.1) is 17.2 Å². The lowest BCUT2D eigenvalue weighted by Gasteiger charge is -2.27. The number of aliphatic hydroxyl groups excluding tert-OH is 1. The van der Waals surface area contributed by atoms with E-state index in [9.17, 15) is 9.50 Å². The molecule has 1 atom stereocenters. The first-order valence-corrected chi connectivity index (χ1v) is 6.39. The molecule has 1 aromatic carbocycles. The average molecular weight is 287 g/mol. The van der Waals surface area contributed by atoms with E-state index in [2.05, 4.69) is 22.9 Å². The molecular formula is C13H16BrFO. The van der Waals surface area contributed by atoms with Crippen molar-refractivity contribution in [3.8, 4) is 0 Å². The summed E-state index contributed by atoms with van der Waals surface area (Å²) >= 11 is 3.38. The van der Waals surface area contributed by atoms with Gasteiger partial charge in [0.1, 0.15) is 5.82 Å². The Morgan fingerprint density at radius 2 is 2.19 bits per heavy atom. The minimum absolute atomic E-state index is 0.0552. The molecule has 88 valence electrons. The molecule has 0 bridgehead atoms. The minimum Gasteiger partial charge on any atom is -0.396 e. The fourth-order valence-electron chi connectivity index (χ4n) is 2.21. The van der Waals surface area contributed by atoms with Crippen molar-refractivity contribution in [3.63, 3.8) is 0 Å². The molecule has 0 heterocycles. The van der Waals surface area contributed by atoms with Crippen LogP contribution in [0.5, 0.6) is 0 Å². The predicted molar refractivity (Wildman–Crippen MR) is 65.7 cm³/mol. The van der Waals surface area contributed by atoms with E-state index in [1.807, 2.05) is 0 Å². The molecule has 1 aromatic rings. The van der Waals surface area contributed by atoms with Gasteiger partial charge in [-0.15, -0.1) is 0 Å².